The van der Waals surface area contributed by atoms with Crippen LogP contribution < -0.4 is 4.74 Å². The molecule has 2 aromatic carbocycles. The lowest BCUT2D eigenvalue weighted by atomic mass is 10.2. The maximum absolute atomic E-state index is 12.3. The molecule has 0 saturated carbocycles. The van der Waals surface area contributed by atoms with Crippen LogP contribution in [0.4, 0.5) is 5.69 Å². The molecule has 2 rings (SSSR count). The number of nitro benzene ring substituents is 1. The molecule has 0 saturated heterocycles. The third kappa shape index (κ3) is 3.51. The average molecular weight is 339 g/mol. The summed E-state index contributed by atoms with van der Waals surface area (Å²) in [4.78, 5) is 9.39. The normalized spacial score (nSPS) is 11.2. The van der Waals surface area contributed by atoms with Gasteiger partial charge in [0.25, 0.3) is 0 Å². The van der Waals surface area contributed by atoms with E-state index >= 15 is 0 Å². The van der Waals surface area contributed by atoms with Crippen molar-refractivity contribution in [2.24, 2.45) is 0 Å². The zero-order chi connectivity index (χ0) is 17.2. The van der Waals surface area contributed by atoms with Crippen molar-refractivity contribution >= 4 is 15.5 Å². The van der Waals surface area contributed by atoms with Gasteiger partial charge in [0, 0.05) is 12.1 Å². The Morgan fingerprint density at radius 3 is 2.30 bits per heavy atom. The van der Waals surface area contributed by atoms with Gasteiger partial charge in [-0.2, -0.15) is 0 Å². The summed E-state index contributed by atoms with van der Waals surface area (Å²) in [6.07, 6.45) is 0. The van der Waals surface area contributed by atoms with Crippen LogP contribution in [-0.2, 0) is 15.6 Å². The topological polar surface area (TPSA) is 127 Å². The van der Waals surface area contributed by atoms with Gasteiger partial charge in [-0.3, -0.25) is 10.1 Å². The lowest BCUT2D eigenvalue weighted by molar-refractivity contribution is -0.386. The number of phenolic OH excluding ortho intramolecular Hbond substituents is 2. The third-order valence-electron chi connectivity index (χ3n) is 3.11. The van der Waals surface area contributed by atoms with E-state index < -0.39 is 42.6 Å². The fraction of sp³-hybridized carbons (Fsp3) is 0.143. The zero-order valence-electron chi connectivity index (χ0n) is 12.0. The highest BCUT2D eigenvalue weighted by Gasteiger charge is 2.25. The summed E-state index contributed by atoms with van der Waals surface area (Å²) in [5, 5.41) is 29.7. The molecule has 9 heteroatoms. The van der Waals surface area contributed by atoms with Gasteiger partial charge < -0.3 is 14.9 Å². The number of aromatic hydroxyl groups is 2. The van der Waals surface area contributed by atoms with Crippen LogP contribution in [0.25, 0.3) is 0 Å². The van der Waals surface area contributed by atoms with Crippen molar-refractivity contribution in [1.82, 2.24) is 0 Å². The molecule has 0 aliphatic carbocycles. The van der Waals surface area contributed by atoms with Gasteiger partial charge in [0.05, 0.1) is 22.7 Å². The Kier molecular flexibility index (Phi) is 4.41. The van der Waals surface area contributed by atoms with Gasteiger partial charge >= 0.3 is 5.69 Å². The fourth-order valence-corrected chi connectivity index (χ4v) is 3.30. The predicted octanol–water partition coefficient (Wildman–Crippen LogP) is 1.99. The molecule has 2 N–H and O–H groups in total. The lowest BCUT2D eigenvalue weighted by Gasteiger charge is -2.07. The third-order valence-corrected chi connectivity index (χ3v) is 4.78. The largest absolute Gasteiger partial charge is 0.504 e. The number of rotatable bonds is 5. The predicted molar refractivity (Wildman–Crippen MR) is 80.3 cm³/mol. The SMILES string of the molecule is COc1ccc(CS(=O)(=O)c2cc(O)c(O)c([N+](=O)[O-])c2)cc1. The van der Waals surface area contributed by atoms with Gasteiger partial charge in [-0.25, -0.2) is 8.42 Å². The molecule has 0 heterocycles. The highest BCUT2D eigenvalue weighted by atomic mass is 32.2. The monoisotopic (exact) mass is 339 g/mol. The highest BCUT2D eigenvalue weighted by molar-refractivity contribution is 7.90. The number of nitro groups is 1. The van der Waals surface area contributed by atoms with E-state index in [1.165, 1.54) is 7.11 Å². The Morgan fingerprint density at radius 2 is 1.78 bits per heavy atom. The molecule has 8 nitrogen and oxygen atoms in total. The molecule has 0 aliphatic heterocycles. The summed E-state index contributed by atoms with van der Waals surface area (Å²) in [6, 6.07) is 7.76. The smallest absolute Gasteiger partial charge is 0.315 e. The first kappa shape index (κ1) is 16.6. The van der Waals surface area contributed by atoms with Crippen LogP contribution in [0.1, 0.15) is 5.56 Å². The molecule has 122 valence electrons. The number of phenols is 2. The summed E-state index contributed by atoms with van der Waals surface area (Å²) in [7, 11) is -2.47. The Hall–Kier alpha value is -2.81. The fourth-order valence-electron chi connectivity index (χ4n) is 1.92. The van der Waals surface area contributed by atoms with Crippen molar-refractivity contribution in [3.8, 4) is 17.2 Å². The van der Waals surface area contributed by atoms with Gasteiger partial charge in [0.15, 0.2) is 15.6 Å². The van der Waals surface area contributed by atoms with E-state index in [-0.39, 0.29) is 0 Å². The van der Waals surface area contributed by atoms with Crippen LogP contribution in [-0.4, -0.2) is 30.7 Å². The second-order valence-corrected chi connectivity index (χ2v) is 6.66. The van der Waals surface area contributed by atoms with Crippen LogP contribution in [0, 0.1) is 10.1 Å². The molecule has 0 amide bonds. The average Bonchev–Trinajstić information content (AvgIpc) is 2.49. The van der Waals surface area contributed by atoms with Crippen molar-refractivity contribution in [3.63, 3.8) is 0 Å². The van der Waals surface area contributed by atoms with Gasteiger partial charge in [-0.05, 0) is 17.7 Å². The Bertz CT molecular complexity index is 844. The molecular formula is C14H13NO7S. The molecular weight excluding hydrogens is 326 g/mol. The number of hydrogen-bond acceptors (Lipinski definition) is 7. The minimum Gasteiger partial charge on any atom is -0.504 e. The van der Waals surface area contributed by atoms with E-state index in [1.807, 2.05) is 0 Å². The van der Waals surface area contributed by atoms with E-state index in [0.717, 1.165) is 6.07 Å². The van der Waals surface area contributed by atoms with Crippen molar-refractivity contribution in [1.29, 1.82) is 0 Å². The summed E-state index contributed by atoms with van der Waals surface area (Å²) < 4.78 is 29.7. The first-order valence-corrected chi connectivity index (χ1v) is 7.96. The second-order valence-electron chi connectivity index (χ2n) is 4.67. The molecule has 0 radical (unpaired) electrons. The van der Waals surface area contributed by atoms with Crippen LogP contribution in [0.5, 0.6) is 17.2 Å². The zero-order valence-corrected chi connectivity index (χ0v) is 12.8. The molecule has 2 aromatic rings. The summed E-state index contributed by atoms with van der Waals surface area (Å²) in [5.41, 5.74) is -0.431. The maximum atomic E-state index is 12.3. The molecule has 0 aromatic heterocycles. The summed E-state index contributed by atoms with van der Waals surface area (Å²) in [5.74, 6) is -1.70. The van der Waals surface area contributed by atoms with E-state index in [0.29, 0.717) is 17.4 Å². The summed E-state index contributed by atoms with van der Waals surface area (Å²) in [6.45, 7) is 0. The van der Waals surface area contributed by atoms with Gasteiger partial charge in [-0.1, -0.05) is 12.1 Å². The number of methoxy groups -OCH3 is 1. The van der Waals surface area contributed by atoms with Crippen molar-refractivity contribution in [3.05, 3.63) is 52.1 Å². The molecule has 0 unspecified atom stereocenters. The Morgan fingerprint density at radius 1 is 1.17 bits per heavy atom. The van der Waals surface area contributed by atoms with E-state index in [1.54, 1.807) is 24.3 Å². The molecule has 0 atom stereocenters. The maximum Gasteiger partial charge on any atom is 0.315 e. The molecule has 0 bridgehead atoms. The lowest BCUT2D eigenvalue weighted by Crippen LogP contribution is -2.06. The quantitative estimate of drug-likeness (QED) is 0.484. The standard InChI is InChI=1S/C14H13NO7S/c1-22-10-4-2-9(3-5-10)8-23(20,21)11-6-12(15(18)19)14(17)13(16)7-11/h2-7,16-17H,8H2,1H3. The second kappa shape index (κ2) is 6.13. The first-order chi connectivity index (χ1) is 10.7. The highest BCUT2D eigenvalue weighted by Crippen LogP contribution is 2.38. The Labute approximate surface area is 131 Å². The number of hydrogen-bond donors (Lipinski definition) is 2. The van der Waals surface area contributed by atoms with Gasteiger partial charge in [-0.15, -0.1) is 0 Å². The molecule has 0 spiro atoms. The van der Waals surface area contributed by atoms with E-state index in [2.05, 4.69) is 0 Å². The van der Waals surface area contributed by atoms with Crippen LogP contribution in [0.15, 0.2) is 41.3 Å². The number of ether oxygens (including phenoxy) is 1. The van der Waals surface area contributed by atoms with Gasteiger partial charge in [0.1, 0.15) is 5.75 Å². The molecule has 23 heavy (non-hydrogen) atoms. The van der Waals surface area contributed by atoms with E-state index in [9.17, 15) is 28.7 Å². The molecule has 0 aliphatic rings. The minimum atomic E-state index is -3.94. The first-order valence-electron chi connectivity index (χ1n) is 6.30. The number of benzene rings is 2. The number of nitrogens with zero attached hydrogens (tertiary/aromatic N) is 1. The summed E-state index contributed by atoms with van der Waals surface area (Å²) >= 11 is 0. The van der Waals surface area contributed by atoms with Crippen LogP contribution in [0.3, 0.4) is 0 Å². The van der Waals surface area contributed by atoms with E-state index in [4.69, 9.17) is 4.74 Å². The minimum absolute atomic E-state index is 0.418. The van der Waals surface area contributed by atoms with Crippen molar-refractivity contribution < 1.29 is 28.3 Å². The van der Waals surface area contributed by atoms with Crippen molar-refractivity contribution in [2.75, 3.05) is 7.11 Å². The van der Waals surface area contributed by atoms with Crippen LogP contribution >= 0.6 is 0 Å². The van der Waals surface area contributed by atoms with Gasteiger partial charge in [0.2, 0.25) is 5.75 Å². The van der Waals surface area contributed by atoms with Crippen LogP contribution in [0.2, 0.25) is 0 Å². The Balaban J connectivity index is 2.41. The molecule has 0 fully saturated rings. The van der Waals surface area contributed by atoms with Crippen molar-refractivity contribution in [2.45, 2.75) is 10.6 Å². The number of sulfone groups is 1.